The minimum Gasteiger partial charge on any atom is -0.496 e. The number of hydrogen-bond donors (Lipinski definition) is 1. The molecule has 10 heteroatoms. The van der Waals surface area contributed by atoms with E-state index in [0.717, 1.165) is 62.4 Å². The van der Waals surface area contributed by atoms with Crippen molar-refractivity contribution in [3.63, 3.8) is 0 Å². The predicted molar refractivity (Wildman–Crippen MR) is 153 cm³/mol. The van der Waals surface area contributed by atoms with Gasteiger partial charge in [-0.15, -0.1) is 0 Å². The molecule has 3 rings (SSSR count). The molecule has 0 aromatic heterocycles. The number of nitrogens with zero attached hydrogens (tertiary/aromatic N) is 2. The van der Waals surface area contributed by atoms with Crippen LogP contribution in [0.25, 0.3) is 0 Å². The van der Waals surface area contributed by atoms with E-state index in [2.05, 4.69) is 10.2 Å². The number of amides is 2. The molecule has 1 N–H and O–H groups in total. The Labute approximate surface area is 237 Å². The van der Waals surface area contributed by atoms with Crippen LogP contribution in [-0.4, -0.2) is 87.4 Å². The van der Waals surface area contributed by atoms with Crippen LogP contribution in [0.4, 0.5) is 10.5 Å². The van der Waals surface area contributed by atoms with E-state index in [4.69, 9.17) is 18.9 Å². The number of carbonyl (C=O) groups is 3. The Hall–Kier alpha value is -3.11. The Bertz CT molecular complexity index is 1080. The molecule has 0 radical (unpaired) electrons. The molecule has 1 aromatic carbocycles. The molecule has 1 aromatic rings. The maximum atomic E-state index is 13.0. The smallest absolute Gasteiger partial charge is 0.341 e. The van der Waals surface area contributed by atoms with Crippen molar-refractivity contribution in [1.29, 1.82) is 0 Å². The molecular formula is C30H45N3O7. The van der Waals surface area contributed by atoms with Gasteiger partial charge in [0.15, 0.2) is 0 Å². The lowest BCUT2D eigenvalue weighted by Gasteiger charge is -2.26. The number of anilines is 1. The quantitative estimate of drug-likeness (QED) is 0.202. The standard InChI is InChI=1S/C30H45N3O7/c1-6-33(7-2)30(36)31-27-23(28(37-5)22(4)24-20-40-29(35)26(24)27)12-10-21(3)11-13-25(34)39-17-9-8-14-32-15-18-38-19-16-32/h10H,6-9,11-20H2,1-5H3,(H,31,36). The number of fused-ring (bicyclic) bond motifs is 1. The molecule has 1 saturated heterocycles. The van der Waals surface area contributed by atoms with E-state index >= 15 is 0 Å². The molecule has 2 aliphatic rings. The summed E-state index contributed by atoms with van der Waals surface area (Å²) in [5, 5.41) is 2.97. The number of unbranched alkanes of at least 4 members (excludes halogenated alkanes) is 1. The van der Waals surface area contributed by atoms with Crippen molar-refractivity contribution in [3.8, 4) is 5.75 Å². The summed E-state index contributed by atoms with van der Waals surface area (Å²) in [6.07, 6.45) is 5.12. The van der Waals surface area contributed by atoms with Gasteiger partial charge in [0.1, 0.15) is 12.4 Å². The number of ether oxygens (including phenoxy) is 4. The van der Waals surface area contributed by atoms with Gasteiger partial charge in [-0.1, -0.05) is 11.6 Å². The fourth-order valence-corrected chi connectivity index (χ4v) is 5.09. The Morgan fingerprint density at radius 2 is 1.85 bits per heavy atom. The zero-order chi connectivity index (χ0) is 29.1. The van der Waals surface area contributed by atoms with Gasteiger partial charge in [0, 0.05) is 43.7 Å². The second-order valence-corrected chi connectivity index (χ2v) is 10.2. The lowest BCUT2D eigenvalue weighted by Crippen LogP contribution is -2.36. The fourth-order valence-electron chi connectivity index (χ4n) is 5.09. The maximum Gasteiger partial charge on any atom is 0.341 e. The molecular weight excluding hydrogens is 514 g/mol. The Kier molecular flexibility index (Phi) is 12.3. The van der Waals surface area contributed by atoms with Crippen molar-refractivity contribution in [3.05, 3.63) is 33.9 Å². The van der Waals surface area contributed by atoms with Crippen LogP contribution in [0.5, 0.6) is 5.75 Å². The monoisotopic (exact) mass is 559 g/mol. The van der Waals surface area contributed by atoms with Crippen molar-refractivity contribution in [2.75, 3.05) is 65.0 Å². The van der Waals surface area contributed by atoms with Crippen LogP contribution in [0.15, 0.2) is 11.6 Å². The molecule has 0 unspecified atom stereocenters. The van der Waals surface area contributed by atoms with Crippen LogP contribution in [0.1, 0.15) is 73.5 Å². The zero-order valence-electron chi connectivity index (χ0n) is 24.7. The molecule has 222 valence electrons. The van der Waals surface area contributed by atoms with E-state index in [1.807, 2.05) is 33.8 Å². The number of methoxy groups -OCH3 is 1. The number of morpholine rings is 1. The first-order valence-corrected chi connectivity index (χ1v) is 14.4. The summed E-state index contributed by atoms with van der Waals surface area (Å²) in [6, 6.07) is -0.285. The number of allylic oxidation sites excluding steroid dienone is 2. The highest BCUT2D eigenvalue weighted by atomic mass is 16.5. The summed E-state index contributed by atoms with van der Waals surface area (Å²) in [5.41, 5.74) is 4.08. The number of carbonyl (C=O) groups excluding carboxylic acids is 3. The molecule has 2 heterocycles. The van der Waals surface area contributed by atoms with Crippen molar-refractivity contribution in [2.24, 2.45) is 0 Å². The van der Waals surface area contributed by atoms with Crippen LogP contribution in [0, 0.1) is 6.92 Å². The molecule has 1 fully saturated rings. The molecule has 0 atom stereocenters. The largest absolute Gasteiger partial charge is 0.496 e. The van der Waals surface area contributed by atoms with Gasteiger partial charge in [-0.3, -0.25) is 9.69 Å². The van der Waals surface area contributed by atoms with Crippen LogP contribution in [0.3, 0.4) is 0 Å². The van der Waals surface area contributed by atoms with Crippen molar-refractivity contribution in [1.82, 2.24) is 9.80 Å². The fraction of sp³-hybridized carbons (Fsp3) is 0.633. The van der Waals surface area contributed by atoms with Crippen LogP contribution < -0.4 is 10.1 Å². The summed E-state index contributed by atoms with van der Waals surface area (Å²) in [7, 11) is 1.58. The average Bonchev–Trinajstić information content (AvgIpc) is 3.35. The topological polar surface area (TPSA) is 107 Å². The minimum atomic E-state index is -0.453. The molecule has 2 amide bonds. The number of esters is 2. The summed E-state index contributed by atoms with van der Waals surface area (Å²) in [6.45, 7) is 13.8. The normalized spacial score (nSPS) is 15.4. The van der Waals surface area contributed by atoms with Crippen molar-refractivity contribution in [2.45, 2.75) is 66.4 Å². The van der Waals surface area contributed by atoms with E-state index in [1.54, 1.807) is 12.0 Å². The van der Waals surface area contributed by atoms with Gasteiger partial charge in [-0.25, -0.2) is 9.59 Å². The van der Waals surface area contributed by atoms with Gasteiger partial charge < -0.3 is 29.2 Å². The van der Waals surface area contributed by atoms with Crippen LogP contribution in [-0.2, 0) is 32.0 Å². The number of hydrogen-bond acceptors (Lipinski definition) is 8. The predicted octanol–water partition coefficient (Wildman–Crippen LogP) is 4.47. The van der Waals surface area contributed by atoms with Crippen molar-refractivity contribution < 1.29 is 33.3 Å². The number of nitrogens with one attached hydrogen (secondary N) is 1. The third kappa shape index (κ3) is 8.20. The van der Waals surface area contributed by atoms with E-state index in [0.29, 0.717) is 61.5 Å². The van der Waals surface area contributed by atoms with Gasteiger partial charge in [0.25, 0.3) is 0 Å². The van der Waals surface area contributed by atoms with E-state index in [9.17, 15) is 14.4 Å². The lowest BCUT2D eigenvalue weighted by molar-refractivity contribution is -0.143. The summed E-state index contributed by atoms with van der Waals surface area (Å²) in [5.74, 6) is -0.0438. The van der Waals surface area contributed by atoms with Gasteiger partial charge in [-0.05, 0) is 65.5 Å². The second kappa shape index (κ2) is 15.6. The van der Waals surface area contributed by atoms with Gasteiger partial charge in [0.2, 0.25) is 0 Å². The van der Waals surface area contributed by atoms with E-state index in [1.165, 1.54) is 0 Å². The number of cyclic esters (lactones) is 1. The highest BCUT2D eigenvalue weighted by Crippen LogP contribution is 2.41. The SMILES string of the molecule is CCN(CC)C(=O)Nc1c(CC=C(C)CCC(=O)OCCCCN2CCOCC2)c(OC)c(C)c2c1C(=O)OC2. The third-order valence-corrected chi connectivity index (χ3v) is 7.57. The maximum absolute atomic E-state index is 13.0. The first kappa shape index (κ1) is 31.4. The van der Waals surface area contributed by atoms with Crippen LogP contribution in [0.2, 0.25) is 0 Å². The van der Waals surface area contributed by atoms with E-state index < -0.39 is 5.97 Å². The number of rotatable bonds is 14. The Morgan fingerprint density at radius 1 is 1.12 bits per heavy atom. The molecule has 2 aliphatic heterocycles. The lowest BCUT2D eigenvalue weighted by atomic mass is 9.93. The van der Waals surface area contributed by atoms with Crippen LogP contribution >= 0.6 is 0 Å². The summed E-state index contributed by atoms with van der Waals surface area (Å²) < 4.78 is 21.9. The molecule has 0 bridgehead atoms. The molecule has 10 nitrogen and oxygen atoms in total. The first-order valence-electron chi connectivity index (χ1n) is 14.4. The molecule has 40 heavy (non-hydrogen) atoms. The molecule has 0 spiro atoms. The van der Waals surface area contributed by atoms with Gasteiger partial charge in [0.05, 0.1) is 38.2 Å². The second-order valence-electron chi connectivity index (χ2n) is 10.2. The summed E-state index contributed by atoms with van der Waals surface area (Å²) in [4.78, 5) is 42.0. The van der Waals surface area contributed by atoms with E-state index in [-0.39, 0.29) is 18.6 Å². The first-order chi connectivity index (χ1) is 19.3. The minimum absolute atomic E-state index is 0.148. The van der Waals surface area contributed by atoms with Crippen molar-refractivity contribution >= 4 is 23.7 Å². The van der Waals surface area contributed by atoms with Gasteiger partial charge >= 0.3 is 18.0 Å². The highest BCUT2D eigenvalue weighted by molar-refractivity contribution is 6.05. The average molecular weight is 560 g/mol. The Morgan fingerprint density at radius 3 is 2.52 bits per heavy atom. The molecule has 0 aliphatic carbocycles. The molecule has 0 saturated carbocycles. The summed E-state index contributed by atoms with van der Waals surface area (Å²) >= 11 is 0. The third-order valence-electron chi connectivity index (χ3n) is 7.57. The number of benzene rings is 1. The highest BCUT2D eigenvalue weighted by Gasteiger charge is 2.33. The van der Waals surface area contributed by atoms with Gasteiger partial charge in [-0.2, -0.15) is 0 Å². The number of urea groups is 1. The zero-order valence-corrected chi connectivity index (χ0v) is 24.7. The Balaban J connectivity index is 1.62.